The number of benzene rings is 1. The van der Waals surface area contributed by atoms with Gasteiger partial charge in [-0.25, -0.2) is 4.79 Å². The van der Waals surface area contributed by atoms with Crippen LogP contribution in [0.2, 0.25) is 0 Å². The average molecular weight is 804 g/mol. The fourth-order valence-corrected chi connectivity index (χ4v) is 6.43. The molecule has 0 saturated heterocycles. The zero-order chi connectivity index (χ0) is 40.4. The Bertz CT molecular complexity index is 1600. The van der Waals surface area contributed by atoms with Crippen LogP contribution in [0.3, 0.4) is 0 Å². The van der Waals surface area contributed by atoms with Crippen LogP contribution in [-0.2, 0) is 39.0 Å². The molecular formula is C38H55BrN6O8. The second-order valence-electron chi connectivity index (χ2n) is 15.2. The Morgan fingerprint density at radius 1 is 0.981 bits per heavy atom. The molecule has 15 heteroatoms. The Morgan fingerprint density at radius 2 is 1.58 bits per heavy atom. The van der Waals surface area contributed by atoms with Crippen LogP contribution >= 0.6 is 15.9 Å². The van der Waals surface area contributed by atoms with Crippen molar-refractivity contribution in [3.63, 3.8) is 0 Å². The smallest absolute Gasteiger partial charge is 0.326 e. The number of carboxylic acid groups (broad SMARTS) is 1. The van der Waals surface area contributed by atoms with E-state index in [1.165, 1.54) is 11.8 Å². The minimum absolute atomic E-state index is 0.00752. The number of carbonyl (C=O) groups excluding carboxylic acids is 6. The van der Waals surface area contributed by atoms with Gasteiger partial charge in [0.05, 0.1) is 12.1 Å². The molecule has 1 heterocycles. The van der Waals surface area contributed by atoms with E-state index in [0.29, 0.717) is 0 Å². The van der Waals surface area contributed by atoms with Gasteiger partial charge in [0.1, 0.15) is 12.1 Å². The van der Waals surface area contributed by atoms with E-state index < -0.39 is 64.6 Å². The molecule has 1 aromatic rings. The number of hydrogen-bond donors (Lipinski definition) is 5. The van der Waals surface area contributed by atoms with Gasteiger partial charge in [-0.1, -0.05) is 82.6 Å². The number of aliphatic carboxylic acids is 1. The lowest BCUT2D eigenvalue weighted by Gasteiger charge is -2.40. The summed E-state index contributed by atoms with van der Waals surface area (Å²) in [7, 11) is 3.30. The van der Waals surface area contributed by atoms with E-state index in [-0.39, 0.29) is 49.2 Å². The number of nitrogens with zero attached hydrogens (tertiary/aromatic N) is 2. The van der Waals surface area contributed by atoms with Crippen molar-refractivity contribution in [3.8, 4) is 0 Å². The van der Waals surface area contributed by atoms with E-state index >= 15 is 0 Å². The average Bonchev–Trinajstić information content (AvgIpc) is 3.38. The van der Waals surface area contributed by atoms with Crippen molar-refractivity contribution in [1.29, 1.82) is 0 Å². The van der Waals surface area contributed by atoms with Gasteiger partial charge in [-0.15, -0.1) is 0 Å². The Morgan fingerprint density at radius 3 is 2.09 bits per heavy atom. The second-order valence-corrected chi connectivity index (χ2v) is 16.1. The molecule has 292 valence electrons. The fourth-order valence-electron chi connectivity index (χ4n) is 6.04. The van der Waals surface area contributed by atoms with Crippen molar-refractivity contribution in [2.45, 2.75) is 97.8 Å². The van der Waals surface area contributed by atoms with Crippen molar-refractivity contribution in [2.75, 3.05) is 27.2 Å². The molecule has 0 spiro atoms. The molecule has 0 radical (unpaired) electrons. The number of carboxylic acids is 1. The molecule has 2 rings (SSSR count). The molecule has 6 amide bonds. The molecular weight excluding hydrogens is 748 g/mol. The maximum absolute atomic E-state index is 14.2. The highest BCUT2D eigenvalue weighted by Gasteiger charge is 2.42. The van der Waals surface area contributed by atoms with Gasteiger partial charge in [-0.2, -0.15) is 0 Å². The number of halogens is 1. The van der Waals surface area contributed by atoms with E-state index in [1.54, 1.807) is 20.2 Å². The van der Waals surface area contributed by atoms with Crippen LogP contribution in [0.1, 0.15) is 73.8 Å². The van der Waals surface area contributed by atoms with Crippen LogP contribution in [0, 0.1) is 11.3 Å². The predicted octanol–water partition coefficient (Wildman–Crippen LogP) is 2.67. The molecule has 0 saturated carbocycles. The zero-order valence-corrected chi connectivity index (χ0v) is 33.9. The summed E-state index contributed by atoms with van der Waals surface area (Å²) >= 11 is 3.50. The quantitative estimate of drug-likeness (QED) is 0.110. The molecule has 53 heavy (non-hydrogen) atoms. The van der Waals surface area contributed by atoms with Crippen molar-refractivity contribution in [3.05, 3.63) is 58.1 Å². The molecule has 0 fully saturated rings. The van der Waals surface area contributed by atoms with Crippen LogP contribution in [-0.4, -0.2) is 108 Å². The van der Waals surface area contributed by atoms with Crippen LogP contribution in [0.25, 0.3) is 0 Å². The minimum Gasteiger partial charge on any atom is -0.480 e. The fraction of sp³-hybridized carbons (Fsp3) is 0.553. The van der Waals surface area contributed by atoms with E-state index in [2.05, 4.69) is 37.2 Å². The molecule has 0 bridgehead atoms. The number of imide groups is 1. The number of nitrogens with one attached hydrogen (secondary N) is 4. The van der Waals surface area contributed by atoms with Crippen LogP contribution in [0.4, 0.5) is 0 Å². The third-order valence-corrected chi connectivity index (χ3v) is 9.81. The van der Waals surface area contributed by atoms with Gasteiger partial charge in [0.15, 0.2) is 0 Å². The lowest BCUT2D eigenvalue weighted by molar-refractivity contribution is -0.142. The molecule has 1 aromatic carbocycles. The van der Waals surface area contributed by atoms with E-state index in [0.717, 1.165) is 27.1 Å². The van der Waals surface area contributed by atoms with Gasteiger partial charge in [0.2, 0.25) is 23.6 Å². The summed E-state index contributed by atoms with van der Waals surface area (Å²) in [5.74, 6) is -4.39. The summed E-state index contributed by atoms with van der Waals surface area (Å²) in [5.41, 5.74) is -0.264. The van der Waals surface area contributed by atoms with Crippen molar-refractivity contribution < 1.29 is 38.7 Å². The number of amides is 6. The Labute approximate surface area is 320 Å². The van der Waals surface area contributed by atoms with Crippen LogP contribution in [0.15, 0.2) is 52.5 Å². The first-order valence-corrected chi connectivity index (χ1v) is 18.3. The van der Waals surface area contributed by atoms with Gasteiger partial charge in [-0.05, 0) is 49.4 Å². The van der Waals surface area contributed by atoms with Crippen LogP contribution < -0.4 is 21.3 Å². The van der Waals surface area contributed by atoms with Gasteiger partial charge in [0.25, 0.3) is 11.8 Å². The molecule has 14 nitrogen and oxygen atoms in total. The molecule has 0 aliphatic carbocycles. The largest absolute Gasteiger partial charge is 0.480 e. The minimum atomic E-state index is -1.39. The van der Waals surface area contributed by atoms with Crippen molar-refractivity contribution in [2.24, 2.45) is 11.3 Å². The summed E-state index contributed by atoms with van der Waals surface area (Å²) in [6.45, 7) is 14.7. The maximum atomic E-state index is 14.2. The Balaban J connectivity index is 2.15. The summed E-state index contributed by atoms with van der Waals surface area (Å²) < 4.78 is 0.878. The Hall–Kier alpha value is -4.37. The summed E-state index contributed by atoms with van der Waals surface area (Å²) in [5, 5.41) is 20.9. The van der Waals surface area contributed by atoms with E-state index in [4.69, 9.17) is 0 Å². The standard InChI is InChI=1S/C38H55BrN6O8/c1-22(2)27(20-23(3)33(49)42-26(36(52)53)14-15-28(46)41-18-19-45-29(47)16-17-30(45)48)44(10)35(51)32(37(4,5)6)43-34(50)31(40-9)38(7,8)24-12-11-13-25(39)21-24/h11-13,16-17,20-22,26-27,31-32,40H,14-15,18-19H2,1-10H3,(H,41,46)(H,42,49)(H,43,50)(H,52,53)/b23-20+/t26-,27-,31-,32-/m1/s1. The van der Waals surface area contributed by atoms with E-state index in [9.17, 15) is 38.7 Å². The lowest BCUT2D eigenvalue weighted by atomic mass is 9.76. The summed E-state index contributed by atoms with van der Waals surface area (Å²) in [4.78, 5) is 91.4. The lowest BCUT2D eigenvalue weighted by Crippen LogP contribution is -2.61. The first-order valence-electron chi connectivity index (χ1n) is 17.6. The maximum Gasteiger partial charge on any atom is 0.326 e. The second kappa shape index (κ2) is 19.1. The van der Waals surface area contributed by atoms with Gasteiger partial charge >= 0.3 is 5.97 Å². The molecule has 1 aliphatic rings. The van der Waals surface area contributed by atoms with Gasteiger partial charge in [0, 0.05) is 54.2 Å². The van der Waals surface area contributed by atoms with Crippen LogP contribution in [0.5, 0.6) is 0 Å². The summed E-state index contributed by atoms with van der Waals surface area (Å²) in [6, 6.07) is 4.09. The zero-order valence-electron chi connectivity index (χ0n) is 32.3. The van der Waals surface area contributed by atoms with Crippen molar-refractivity contribution >= 4 is 57.3 Å². The first-order chi connectivity index (χ1) is 24.5. The molecule has 4 atom stereocenters. The SMILES string of the molecule is CN[C@H](C(=O)N[C@H](C(=O)N(C)[C@H](/C=C(\C)C(=O)N[C@H](CCC(=O)NCCN1C(=O)C=CC1=O)C(=O)O)C(C)C)C(C)(C)C)C(C)(C)c1cccc(Br)c1. The monoisotopic (exact) mass is 802 g/mol. The number of likely N-dealkylation sites (N-methyl/N-ethyl adjacent to an activating group) is 2. The molecule has 0 unspecified atom stereocenters. The Kier molecular flexibility index (Phi) is 16.1. The third kappa shape index (κ3) is 12.3. The first kappa shape index (κ1) is 44.8. The van der Waals surface area contributed by atoms with Crippen molar-refractivity contribution in [1.82, 2.24) is 31.1 Å². The highest BCUT2D eigenvalue weighted by Crippen LogP contribution is 2.30. The molecule has 1 aliphatic heterocycles. The molecule has 5 N–H and O–H groups in total. The molecule has 0 aromatic heterocycles. The number of carbonyl (C=O) groups is 7. The van der Waals surface area contributed by atoms with Gasteiger partial charge < -0.3 is 31.3 Å². The third-order valence-electron chi connectivity index (χ3n) is 9.32. The highest BCUT2D eigenvalue weighted by molar-refractivity contribution is 9.10. The number of rotatable bonds is 18. The summed E-state index contributed by atoms with van der Waals surface area (Å²) in [6.07, 6.45) is 3.41. The predicted molar refractivity (Wildman–Crippen MR) is 204 cm³/mol. The topological polar surface area (TPSA) is 194 Å². The van der Waals surface area contributed by atoms with E-state index in [1.807, 2.05) is 72.7 Å². The normalized spacial score (nSPS) is 15.8. The highest BCUT2D eigenvalue weighted by atomic mass is 79.9. The number of hydrogen-bond acceptors (Lipinski definition) is 8. The van der Waals surface area contributed by atoms with Gasteiger partial charge in [-0.3, -0.25) is 33.7 Å².